The van der Waals surface area contributed by atoms with E-state index in [2.05, 4.69) is 6.92 Å². The molecule has 2 rings (SSSR count). The first-order valence-electron chi connectivity index (χ1n) is 6.40. The van der Waals surface area contributed by atoms with Crippen LogP contribution in [0.15, 0.2) is 24.3 Å². The average Bonchev–Trinajstić information content (AvgIpc) is 2.86. The summed E-state index contributed by atoms with van der Waals surface area (Å²) >= 11 is 1.77. The Morgan fingerprint density at radius 1 is 1.40 bits per heavy atom. The molecule has 1 amide bonds. The second kappa shape index (κ2) is 8.08. The summed E-state index contributed by atoms with van der Waals surface area (Å²) in [5, 5.41) is 9.33. The maximum atomic E-state index is 12.5. The van der Waals surface area contributed by atoms with Crippen LogP contribution in [0.5, 0.6) is 0 Å². The molecule has 1 aliphatic heterocycles. The van der Waals surface area contributed by atoms with Gasteiger partial charge in [-0.1, -0.05) is 25.5 Å². The number of benzene rings is 1. The van der Waals surface area contributed by atoms with Gasteiger partial charge in [0.15, 0.2) is 0 Å². The Balaban J connectivity index is 0.00000200. The number of nitrogens with zero attached hydrogens (tertiary/aromatic N) is 1. The van der Waals surface area contributed by atoms with Crippen molar-refractivity contribution in [2.24, 2.45) is 0 Å². The summed E-state index contributed by atoms with van der Waals surface area (Å²) in [6, 6.07) is 6.42. The zero-order chi connectivity index (χ0) is 13.8. The second-order valence-corrected chi connectivity index (χ2v) is 5.75. The van der Waals surface area contributed by atoms with Gasteiger partial charge in [-0.2, -0.15) is 0 Å². The van der Waals surface area contributed by atoms with Gasteiger partial charge in [0.1, 0.15) is 0 Å². The molecule has 20 heavy (non-hydrogen) atoms. The molecule has 4 nitrogen and oxygen atoms in total. The molecule has 0 aliphatic carbocycles. The molecule has 0 radical (unpaired) electrons. The number of carboxylic acids is 1. The monoisotopic (exact) mass is 303 g/mol. The van der Waals surface area contributed by atoms with E-state index in [9.17, 15) is 9.59 Å². The van der Waals surface area contributed by atoms with E-state index < -0.39 is 5.97 Å². The van der Waals surface area contributed by atoms with Crippen molar-refractivity contribution in [3.63, 3.8) is 0 Å². The number of aromatic carboxylic acids is 1. The molecule has 1 saturated heterocycles. The average molecular weight is 303 g/mol. The van der Waals surface area contributed by atoms with E-state index in [1.165, 1.54) is 6.07 Å². The number of carbonyl (C=O) groups is 2. The first kappa shape index (κ1) is 17.6. The molecule has 1 unspecified atom stereocenters. The summed E-state index contributed by atoms with van der Waals surface area (Å²) < 4.78 is 0. The zero-order valence-corrected chi connectivity index (χ0v) is 14.7. The molecule has 1 aromatic rings. The van der Waals surface area contributed by atoms with Gasteiger partial charge in [0.2, 0.25) is 0 Å². The first-order chi connectivity index (χ1) is 9.15. The summed E-state index contributed by atoms with van der Waals surface area (Å²) in [7, 11) is 0. The van der Waals surface area contributed by atoms with E-state index in [-0.39, 0.29) is 47.8 Å². The van der Waals surface area contributed by atoms with Gasteiger partial charge in [-0.25, -0.2) is 4.79 Å². The second-order valence-electron chi connectivity index (χ2n) is 4.46. The fourth-order valence-electron chi connectivity index (χ4n) is 2.25. The van der Waals surface area contributed by atoms with Crippen molar-refractivity contribution >= 4 is 23.6 Å². The molecular weight excluding hydrogens is 285 g/mol. The SMILES string of the molecule is CCCC1SCCN1C(=O)c1ccccc1C(=O)O.[H-].[Na+]. The largest absolute Gasteiger partial charge is 1.00 e. The predicted molar refractivity (Wildman–Crippen MR) is 76.7 cm³/mol. The van der Waals surface area contributed by atoms with Gasteiger partial charge in [0.05, 0.1) is 16.5 Å². The van der Waals surface area contributed by atoms with Crippen LogP contribution in [0.4, 0.5) is 0 Å². The van der Waals surface area contributed by atoms with E-state index >= 15 is 0 Å². The third-order valence-corrected chi connectivity index (χ3v) is 4.47. The molecule has 1 heterocycles. The van der Waals surface area contributed by atoms with Gasteiger partial charge >= 0.3 is 35.5 Å². The molecule has 104 valence electrons. The van der Waals surface area contributed by atoms with Crippen LogP contribution in [0.25, 0.3) is 0 Å². The van der Waals surface area contributed by atoms with E-state index in [1.807, 2.05) is 0 Å². The molecule has 1 fully saturated rings. The summed E-state index contributed by atoms with van der Waals surface area (Å²) in [5.41, 5.74) is 0.373. The fraction of sp³-hybridized carbons (Fsp3) is 0.429. The van der Waals surface area contributed by atoms with Gasteiger partial charge in [-0.05, 0) is 18.6 Å². The number of rotatable bonds is 4. The number of hydrogen-bond acceptors (Lipinski definition) is 3. The van der Waals surface area contributed by atoms with Gasteiger partial charge in [-0.3, -0.25) is 4.79 Å². The van der Waals surface area contributed by atoms with Gasteiger partial charge < -0.3 is 11.4 Å². The van der Waals surface area contributed by atoms with Crippen LogP contribution in [0, 0.1) is 0 Å². The van der Waals surface area contributed by atoms with E-state index in [0.717, 1.165) is 18.6 Å². The quantitative estimate of drug-likeness (QED) is 0.784. The van der Waals surface area contributed by atoms with Crippen molar-refractivity contribution < 1.29 is 45.7 Å². The molecule has 0 saturated carbocycles. The van der Waals surface area contributed by atoms with Crippen molar-refractivity contribution in [1.29, 1.82) is 0 Å². The molecule has 0 bridgehead atoms. The van der Waals surface area contributed by atoms with Gasteiger partial charge in [-0.15, -0.1) is 11.8 Å². The van der Waals surface area contributed by atoms with E-state index in [4.69, 9.17) is 5.11 Å². The minimum absolute atomic E-state index is 0. The Hall–Kier alpha value is -0.490. The Morgan fingerprint density at radius 2 is 2.05 bits per heavy atom. The summed E-state index contributed by atoms with van der Waals surface area (Å²) in [4.78, 5) is 25.5. The van der Waals surface area contributed by atoms with Gasteiger partial charge in [0.25, 0.3) is 5.91 Å². The van der Waals surface area contributed by atoms with Crippen LogP contribution >= 0.6 is 11.8 Å². The normalized spacial score (nSPS) is 17.6. The van der Waals surface area contributed by atoms with Crippen LogP contribution in [-0.2, 0) is 0 Å². The Bertz CT molecular complexity index is 501. The van der Waals surface area contributed by atoms with Gasteiger partial charge in [0, 0.05) is 12.3 Å². The Morgan fingerprint density at radius 3 is 2.65 bits per heavy atom. The van der Waals surface area contributed by atoms with Crippen molar-refractivity contribution in [3.05, 3.63) is 35.4 Å². The molecule has 1 atom stereocenters. The number of amides is 1. The van der Waals surface area contributed by atoms with Crippen molar-refractivity contribution in [3.8, 4) is 0 Å². The van der Waals surface area contributed by atoms with Crippen molar-refractivity contribution in [2.45, 2.75) is 25.1 Å². The molecule has 0 spiro atoms. The first-order valence-corrected chi connectivity index (χ1v) is 7.45. The van der Waals surface area contributed by atoms with Crippen molar-refractivity contribution in [1.82, 2.24) is 4.90 Å². The summed E-state index contributed by atoms with van der Waals surface area (Å²) in [6.45, 7) is 2.79. The maximum Gasteiger partial charge on any atom is 1.00 e. The zero-order valence-electron chi connectivity index (χ0n) is 12.8. The number of carbonyl (C=O) groups excluding carboxylic acids is 1. The Kier molecular flexibility index (Phi) is 7.09. The van der Waals surface area contributed by atoms with Crippen LogP contribution in [0.1, 0.15) is 41.9 Å². The van der Waals surface area contributed by atoms with E-state index in [1.54, 1.807) is 34.9 Å². The van der Waals surface area contributed by atoms with Crippen LogP contribution in [0.3, 0.4) is 0 Å². The standard InChI is InChI=1S/C14H17NO3S.Na.H/c1-2-5-12-15(8-9-19-12)13(16)10-6-3-4-7-11(10)14(17)18;;/h3-4,6-7,12H,2,5,8-9H2,1H3,(H,17,18);;/q;+1;-1. The van der Waals surface area contributed by atoms with Crippen LogP contribution in [-0.4, -0.2) is 39.6 Å². The van der Waals surface area contributed by atoms with Crippen molar-refractivity contribution in [2.75, 3.05) is 12.3 Å². The molecule has 1 N–H and O–H groups in total. The van der Waals surface area contributed by atoms with Crippen LogP contribution < -0.4 is 29.6 Å². The summed E-state index contributed by atoms with van der Waals surface area (Å²) in [5.74, 6) is -0.296. The molecular formula is C14H18NNaO3S. The summed E-state index contributed by atoms with van der Waals surface area (Å²) in [6.07, 6.45) is 1.97. The molecule has 1 aromatic carbocycles. The molecule has 1 aliphatic rings. The number of thioether (sulfide) groups is 1. The minimum Gasteiger partial charge on any atom is -1.00 e. The molecule has 0 aromatic heterocycles. The minimum atomic E-state index is -1.05. The maximum absolute atomic E-state index is 12.5. The predicted octanol–water partition coefficient (Wildman–Crippen LogP) is -0.183. The number of carboxylic acid groups (broad SMARTS) is 1. The Labute approximate surface area is 146 Å². The third kappa shape index (κ3) is 3.79. The van der Waals surface area contributed by atoms with E-state index in [0.29, 0.717) is 12.1 Å². The van der Waals surface area contributed by atoms with Crippen LogP contribution in [0.2, 0.25) is 0 Å². The fourth-order valence-corrected chi connectivity index (χ4v) is 3.61. The topological polar surface area (TPSA) is 57.6 Å². The number of hydrogen-bond donors (Lipinski definition) is 1. The molecule has 6 heteroatoms. The third-order valence-electron chi connectivity index (χ3n) is 3.17. The smallest absolute Gasteiger partial charge is 1.00 e.